The zero-order valence-electron chi connectivity index (χ0n) is 25.6. The fourth-order valence-electron chi connectivity index (χ4n) is 7.78. The van der Waals surface area contributed by atoms with Gasteiger partial charge in [0.15, 0.2) is 0 Å². The van der Waals surface area contributed by atoms with Gasteiger partial charge in [0.2, 0.25) is 0 Å². The van der Waals surface area contributed by atoms with Crippen LogP contribution >= 0.6 is 11.3 Å². The molecule has 0 aliphatic carbocycles. The van der Waals surface area contributed by atoms with Gasteiger partial charge >= 0.3 is 0 Å². The van der Waals surface area contributed by atoms with Crippen LogP contribution < -0.4 is 0 Å². The number of thiophene rings is 1. The summed E-state index contributed by atoms with van der Waals surface area (Å²) in [6.07, 6.45) is 0. The minimum Gasteiger partial charge on any atom is -0.134 e. The molecule has 1 aromatic heterocycles. The quantitative estimate of drug-likeness (QED) is 0.138. The molecule has 1 heteroatoms. The summed E-state index contributed by atoms with van der Waals surface area (Å²) in [5.74, 6) is 0. The van der Waals surface area contributed by atoms with Crippen LogP contribution in [0.1, 0.15) is 0 Å². The molecule has 9 aromatic carbocycles. The van der Waals surface area contributed by atoms with E-state index in [1.165, 1.54) is 96.6 Å². The molecule has 1 heterocycles. The number of fused-ring (bicyclic) bond motifs is 10. The number of hydrogen-bond acceptors (Lipinski definition) is 1. The molecule has 0 fully saturated rings. The molecule has 0 saturated heterocycles. The number of rotatable bonds is 3. The van der Waals surface area contributed by atoms with E-state index in [0.29, 0.717) is 0 Å². The Morgan fingerprint density at radius 2 is 0.766 bits per heavy atom. The second-order valence-electron chi connectivity index (χ2n) is 12.4. The maximum atomic E-state index is 2.44. The molecule has 0 aliphatic rings. The summed E-state index contributed by atoms with van der Waals surface area (Å²) in [6.45, 7) is 0. The summed E-state index contributed by atoms with van der Waals surface area (Å²) in [6, 6.07) is 62.5. The lowest BCUT2D eigenvalue weighted by Crippen LogP contribution is -1.90. The largest absolute Gasteiger partial charge is 0.134 e. The van der Waals surface area contributed by atoms with Crippen molar-refractivity contribution in [2.75, 3.05) is 0 Å². The van der Waals surface area contributed by atoms with Gasteiger partial charge in [0.25, 0.3) is 0 Å². The van der Waals surface area contributed by atoms with E-state index in [1.54, 1.807) is 0 Å². The van der Waals surface area contributed by atoms with Crippen molar-refractivity contribution >= 4 is 74.6 Å². The first-order valence-electron chi connectivity index (χ1n) is 16.2. The average molecular weight is 613 g/mol. The van der Waals surface area contributed by atoms with Gasteiger partial charge < -0.3 is 0 Å². The molecule has 0 N–H and O–H groups in total. The van der Waals surface area contributed by atoms with Gasteiger partial charge in [-0.15, -0.1) is 11.3 Å². The molecule has 0 aliphatic heterocycles. The average Bonchev–Trinajstić information content (AvgIpc) is 3.53. The smallest absolute Gasteiger partial charge is 0.0440 e. The van der Waals surface area contributed by atoms with E-state index in [1.807, 2.05) is 11.3 Å². The van der Waals surface area contributed by atoms with Crippen LogP contribution in [0.5, 0.6) is 0 Å². The molecule has 10 rings (SSSR count). The van der Waals surface area contributed by atoms with Crippen molar-refractivity contribution in [1.82, 2.24) is 0 Å². The summed E-state index contributed by atoms with van der Waals surface area (Å²) in [5, 5.41) is 13.1. The van der Waals surface area contributed by atoms with Crippen LogP contribution in [0, 0.1) is 0 Å². The van der Waals surface area contributed by atoms with Crippen molar-refractivity contribution in [1.29, 1.82) is 0 Å². The summed E-state index contributed by atoms with van der Waals surface area (Å²) in [7, 11) is 0. The van der Waals surface area contributed by atoms with Crippen molar-refractivity contribution in [2.45, 2.75) is 0 Å². The van der Waals surface area contributed by atoms with Gasteiger partial charge in [-0.1, -0.05) is 158 Å². The Balaban J connectivity index is 1.27. The Morgan fingerprint density at radius 3 is 1.40 bits per heavy atom. The predicted octanol–water partition coefficient (Wildman–Crippen LogP) is 13.7. The predicted molar refractivity (Wildman–Crippen MR) is 206 cm³/mol. The fourth-order valence-corrected chi connectivity index (χ4v) is 9.07. The minimum atomic E-state index is 1.25. The normalized spacial score (nSPS) is 11.8. The van der Waals surface area contributed by atoms with E-state index in [9.17, 15) is 0 Å². The van der Waals surface area contributed by atoms with E-state index in [-0.39, 0.29) is 0 Å². The molecule has 0 bridgehead atoms. The molecule has 0 nitrogen and oxygen atoms in total. The zero-order chi connectivity index (χ0) is 30.9. The molecule has 0 saturated carbocycles. The first kappa shape index (κ1) is 26.5. The van der Waals surface area contributed by atoms with Gasteiger partial charge in [-0.25, -0.2) is 0 Å². The molecule has 0 radical (unpaired) electrons. The summed E-state index contributed by atoms with van der Waals surface area (Å²) in [5.41, 5.74) is 7.62. The molecule has 0 spiro atoms. The zero-order valence-corrected chi connectivity index (χ0v) is 26.4. The minimum absolute atomic E-state index is 1.25. The topological polar surface area (TPSA) is 0 Å². The first-order chi connectivity index (χ1) is 23.3. The molecular formula is C46H28S. The van der Waals surface area contributed by atoms with Crippen molar-refractivity contribution in [3.05, 3.63) is 170 Å². The second kappa shape index (κ2) is 10.4. The van der Waals surface area contributed by atoms with Crippen LogP contribution in [0.4, 0.5) is 0 Å². The van der Waals surface area contributed by atoms with Crippen LogP contribution in [0.25, 0.3) is 96.6 Å². The fraction of sp³-hybridized carbons (Fsp3) is 0. The lowest BCUT2D eigenvalue weighted by molar-refractivity contribution is 1.65. The second-order valence-corrected chi connectivity index (χ2v) is 13.4. The monoisotopic (exact) mass is 612 g/mol. The highest BCUT2D eigenvalue weighted by Crippen LogP contribution is 2.48. The summed E-state index contributed by atoms with van der Waals surface area (Å²) < 4.78 is 2.68. The highest BCUT2D eigenvalue weighted by Gasteiger charge is 2.19. The highest BCUT2D eigenvalue weighted by molar-refractivity contribution is 7.27. The maximum absolute atomic E-state index is 2.44. The van der Waals surface area contributed by atoms with Gasteiger partial charge in [0.1, 0.15) is 0 Å². The van der Waals surface area contributed by atoms with E-state index < -0.39 is 0 Å². The van der Waals surface area contributed by atoms with Crippen molar-refractivity contribution in [2.24, 2.45) is 0 Å². The first-order valence-corrected chi connectivity index (χ1v) is 17.0. The number of hydrogen-bond donors (Lipinski definition) is 0. The van der Waals surface area contributed by atoms with Gasteiger partial charge in [-0.2, -0.15) is 0 Å². The van der Waals surface area contributed by atoms with E-state index in [0.717, 1.165) is 0 Å². The molecule has 47 heavy (non-hydrogen) atoms. The lowest BCUT2D eigenvalue weighted by Gasteiger charge is -2.17. The van der Waals surface area contributed by atoms with Crippen molar-refractivity contribution in [3.8, 4) is 33.4 Å². The third kappa shape index (κ3) is 4.00. The van der Waals surface area contributed by atoms with E-state index >= 15 is 0 Å². The van der Waals surface area contributed by atoms with Gasteiger partial charge in [0, 0.05) is 25.6 Å². The SMILES string of the molecule is c1ccc(-c2ccc3c(c2)c2ccccc2c2c4ccc(-c5c6ccccc6c(-c6ccccc6)c6ccccc56)cc4sc32)cc1. The number of benzene rings is 9. The standard InChI is InChI=1S/C46H28S/c1-3-13-29(14-4-1)31-23-25-39-41(27-31)33-17-7-8-18-34(33)45-40-26-24-32(28-42(40)47-46(39)45)44-37-21-11-9-19-35(37)43(30-15-5-2-6-16-30)36-20-10-12-22-38(36)44/h1-28H. The Kier molecular flexibility index (Phi) is 5.85. The third-order valence-electron chi connectivity index (χ3n) is 9.83. The molecule has 0 atom stereocenters. The van der Waals surface area contributed by atoms with Crippen molar-refractivity contribution < 1.29 is 0 Å². The van der Waals surface area contributed by atoms with Crippen LogP contribution in [0.3, 0.4) is 0 Å². The van der Waals surface area contributed by atoms with Crippen LogP contribution in [-0.2, 0) is 0 Å². The molecular weight excluding hydrogens is 585 g/mol. The third-order valence-corrected chi connectivity index (χ3v) is 11.0. The van der Waals surface area contributed by atoms with Gasteiger partial charge in [-0.05, 0) is 83.2 Å². The van der Waals surface area contributed by atoms with Gasteiger partial charge in [-0.3, -0.25) is 0 Å². The molecule has 10 aromatic rings. The summed E-state index contributed by atoms with van der Waals surface area (Å²) in [4.78, 5) is 0. The molecule has 0 amide bonds. The Hall–Kier alpha value is -5.76. The van der Waals surface area contributed by atoms with Crippen LogP contribution in [0.2, 0.25) is 0 Å². The van der Waals surface area contributed by atoms with E-state index in [2.05, 4.69) is 170 Å². The Labute approximate surface area is 276 Å². The highest BCUT2D eigenvalue weighted by atomic mass is 32.1. The molecule has 218 valence electrons. The Morgan fingerprint density at radius 1 is 0.277 bits per heavy atom. The Bertz CT molecular complexity index is 2770. The lowest BCUT2D eigenvalue weighted by atomic mass is 9.86. The van der Waals surface area contributed by atoms with Gasteiger partial charge in [0.05, 0.1) is 0 Å². The summed E-state index contributed by atoms with van der Waals surface area (Å²) >= 11 is 1.93. The van der Waals surface area contributed by atoms with Crippen LogP contribution in [0.15, 0.2) is 170 Å². The van der Waals surface area contributed by atoms with Crippen molar-refractivity contribution in [3.63, 3.8) is 0 Å². The van der Waals surface area contributed by atoms with E-state index in [4.69, 9.17) is 0 Å². The maximum Gasteiger partial charge on any atom is 0.0440 e. The van der Waals surface area contributed by atoms with Crippen LogP contribution in [-0.4, -0.2) is 0 Å². The molecule has 0 unspecified atom stereocenters.